The minimum absolute atomic E-state index is 1.04. The van der Waals surface area contributed by atoms with Gasteiger partial charge in [0.05, 0.1) is 12.4 Å². The number of nitrogens with zero attached hydrogens (tertiary/aromatic N) is 2. The van der Waals surface area contributed by atoms with Crippen molar-refractivity contribution in [1.29, 1.82) is 0 Å². The summed E-state index contributed by atoms with van der Waals surface area (Å²) in [6.45, 7) is 7.97. The van der Waals surface area contributed by atoms with E-state index >= 15 is 0 Å². The number of hydrogen-bond acceptors (Lipinski definition) is 2. The van der Waals surface area contributed by atoms with E-state index in [1.165, 1.54) is 63.9 Å². The highest BCUT2D eigenvalue weighted by Crippen LogP contribution is 2.11. The normalized spacial score (nSPS) is 15.9. The molecule has 0 spiro atoms. The first-order chi connectivity index (χ1) is 7.38. The third-order valence-corrected chi connectivity index (χ3v) is 3.06. The third-order valence-electron chi connectivity index (χ3n) is 3.06. The van der Waals surface area contributed by atoms with Crippen LogP contribution in [0.15, 0.2) is 4.99 Å². The lowest BCUT2D eigenvalue weighted by molar-refractivity contribution is 0.428. The van der Waals surface area contributed by atoms with Crippen molar-refractivity contribution in [3.63, 3.8) is 0 Å². The van der Waals surface area contributed by atoms with Gasteiger partial charge in [-0.2, -0.15) is 0 Å². The summed E-state index contributed by atoms with van der Waals surface area (Å²) in [4.78, 5) is 7.12. The quantitative estimate of drug-likeness (QED) is 0.560. The van der Waals surface area contributed by atoms with Crippen LogP contribution in [0.5, 0.6) is 0 Å². The molecule has 0 aromatic carbocycles. The van der Waals surface area contributed by atoms with Gasteiger partial charge in [0.15, 0.2) is 0 Å². The molecular formula is C13H26N2. The zero-order chi connectivity index (χ0) is 10.9. The highest BCUT2D eigenvalue weighted by atomic mass is 15.2. The predicted molar refractivity (Wildman–Crippen MR) is 67.5 cm³/mol. The maximum absolute atomic E-state index is 4.61. The molecule has 15 heavy (non-hydrogen) atoms. The van der Waals surface area contributed by atoms with E-state index in [4.69, 9.17) is 0 Å². The number of amidine groups is 1. The summed E-state index contributed by atoms with van der Waals surface area (Å²) < 4.78 is 0. The van der Waals surface area contributed by atoms with Crippen molar-refractivity contribution in [1.82, 2.24) is 4.90 Å². The van der Waals surface area contributed by atoms with Crippen molar-refractivity contribution in [3.05, 3.63) is 0 Å². The Hall–Kier alpha value is -0.530. The first-order valence-electron chi connectivity index (χ1n) is 6.66. The minimum atomic E-state index is 1.04. The van der Waals surface area contributed by atoms with Crippen LogP contribution < -0.4 is 0 Å². The fraction of sp³-hybridized carbons (Fsp3) is 0.923. The molecule has 0 aliphatic carbocycles. The molecule has 0 saturated heterocycles. The summed E-state index contributed by atoms with van der Waals surface area (Å²) in [6, 6.07) is 0. The molecule has 88 valence electrons. The molecule has 0 N–H and O–H groups in total. The van der Waals surface area contributed by atoms with Gasteiger partial charge in [-0.05, 0) is 12.8 Å². The number of aliphatic imine (C=N–C) groups is 1. The summed E-state index contributed by atoms with van der Waals surface area (Å²) in [5.74, 6) is 1.39. The maximum Gasteiger partial charge on any atom is 0.0990 e. The average Bonchev–Trinajstić information content (AvgIpc) is 2.67. The van der Waals surface area contributed by atoms with Crippen LogP contribution in [0, 0.1) is 0 Å². The Labute approximate surface area is 94.8 Å². The smallest absolute Gasteiger partial charge is 0.0990 e. The van der Waals surface area contributed by atoms with Gasteiger partial charge in [-0.25, -0.2) is 0 Å². The largest absolute Gasteiger partial charge is 0.359 e. The second-order valence-corrected chi connectivity index (χ2v) is 4.45. The van der Waals surface area contributed by atoms with Gasteiger partial charge in [0, 0.05) is 19.5 Å². The summed E-state index contributed by atoms with van der Waals surface area (Å²) in [5.41, 5.74) is 0. The molecule has 0 aromatic rings. The van der Waals surface area contributed by atoms with Gasteiger partial charge in [-0.15, -0.1) is 0 Å². The first kappa shape index (κ1) is 12.5. The fourth-order valence-corrected chi connectivity index (χ4v) is 2.09. The van der Waals surface area contributed by atoms with Crippen molar-refractivity contribution >= 4 is 5.84 Å². The van der Waals surface area contributed by atoms with Crippen LogP contribution in [0.4, 0.5) is 0 Å². The Balaban J connectivity index is 2.17. The van der Waals surface area contributed by atoms with Gasteiger partial charge < -0.3 is 4.90 Å². The van der Waals surface area contributed by atoms with Gasteiger partial charge >= 0.3 is 0 Å². The van der Waals surface area contributed by atoms with Crippen molar-refractivity contribution in [2.24, 2.45) is 4.99 Å². The lowest BCUT2D eigenvalue weighted by Gasteiger charge is -2.20. The molecule has 0 bridgehead atoms. The topological polar surface area (TPSA) is 15.6 Å². The molecule has 1 rings (SSSR count). The summed E-state index contributed by atoms with van der Waals surface area (Å²) in [5, 5.41) is 0. The van der Waals surface area contributed by atoms with E-state index in [2.05, 4.69) is 23.7 Å². The molecule has 1 aliphatic rings. The Morgan fingerprint density at radius 3 is 2.53 bits per heavy atom. The molecule has 0 saturated carbocycles. The molecule has 0 aromatic heterocycles. The average molecular weight is 210 g/mol. The summed E-state index contributed by atoms with van der Waals surface area (Å²) >= 11 is 0. The second kappa shape index (κ2) is 7.72. The molecule has 0 unspecified atom stereocenters. The molecule has 0 fully saturated rings. The van der Waals surface area contributed by atoms with E-state index in [-0.39, 0.29) is 0 Å². The third kappa shape index (κ3) is 4.67. The van der Waals surface area contributed by atoms with Crippen LogP contribution in [0.3, 0.4) is 0 Å². The van der Waals surface area contributed by atoms with Crippen molar-refractivity contribution < 1.29 is 0 Å². The van der Waals surface area contributed by atoms with Gasteiger partial charge in [0.2, 0.25) is 0 Å². The van der Waals surface area contributed by atoms with Crippen molar-refractivity contribution in [2.75, 3.05) is 19.6 Å². The first-order valence-corrected chi connectivity index (χ1v) is 6.66. The van der Waals surface area contributed by atoms with Crippen molar-refractivity contribution in [3.8, 4) is 0 Å². The van der Waals surface area contributed by atoms with E-state index in [1.807, 2.05) is 0 Å². The minimum Gasteiger partial charge on any atom is -0.359 e. The fourth-order valence-electron chi connectivity index (χ4n) is 2.09. The van der Waals surface area contributed by atoms with E-state index in [1.54, 1.807) is 0 Å². The molecule has 0 amide bonds. The maximum atomic E-state index is 4.61. The Bertz CT molecular complexity index is 187. The molecule has 0 atom stereocenters. The molecule has 2 nitrogen and oxygen atoms in total. The summed E-state index contributed by atoms with van der Waals surface area (Å²) in [7, 11) is 0. The SMILES string of the molecule is CCCCCC1=NCCN1CCCCC. The standard InChI is InChI=1S/C13H26N2/c1-3-5-7-9-13-14-10-12-15(13)11-8-6-4-2/h3-12H2,1-2H3. The van der Waals surface area contributed by atoms with E-state index in [9.17, 15) is 0 Å². The highest BCUT2D eigenvalue weighted by Gasteiger charge is 2.14. The molecule has 2 heteroatoms. The predicted octanol–water partition coefficient (Wildman–Crippen LogP) is 3.47. The monoisotopic (exact) mass is 210 g/mol. The zero-order valence-electron chi connectivity index (χ0n) is 10.5. The Kier molecular flexibility index (Phi) is 6.45. The van der Waals surface area contributed by atoms with Gasteiger partial charge in [0.1, 0.15) is 0 Å². The molecule has 0 radical (unpaired) electrons. The van der Waals surface area contributed by atoms with Crippen molar-refractivity contribution in [2.45, 2.75) is 58.8 Å². The van der Waals surface area contributed by atoms with E-state index in [0.29, 0.717) is 0 Å². The molecule has 1 aliphatic heterocycles. The van der Waals surface area contributed by atoms with E-state index in [0.717, 1.165) is 6.54 Å². The van der Waals surface area contributed by atoms with Crippen LogP contribution in [0.2, 0.25) is 0 Å². The lowest BCUT2D eigenvalue weighted by Crippen LogP contribution is -2.28. The van der Waals surface area contributed by atoms with Gasteiger partial charge in [-0.1, -0.05) is 39.5 Å². The molecular weight excluding hydrogens is 184 g/mol. The highest BCUT2D eigenvalue weighted by molar-refractivity contribution is 5.83. The second-order valence-electron chi connectivity index (χ2n) is 4.45. The van der Waals surface area contributed by atoms with Crippen LogP contribution in [-0.2, 0) is 0 Å². The Morgan fingerprint density at radius 1 is 1.07 bits per heavy atom. The van der Waals surface area contributed by atoms with Crippen LogP contribution >= 0.6 is 0 Å². The van der Waals surface area contributed by atoms with Gasteiger partial charge in [0.25, 0.3) is 0 Å². The number of hydrogen-bond donors (Lipinski definition) is 0. The van der Waals surface area contributed by atoms with Crippen LogP contribution in [-0.4, -0.2) is 30.4 Å². The zero-order valence-corrected chi connectivity index (χ0v) is 10.5. The lowest BCUT2D eigenvalue weighted by atomic mass is 10.2. The van der Waals surface area contributed by atoms with Gasteiger partial charge in [-0.3, -0.25) is 4.99 Å². The van der Waals surface area contributed by atoms with Crippen LogP contribution in [0.25, 0.3) is 0 Å². The Morgan fingerprint density at radius 2 is 1.80 bits per heavy atom. The van der Waals surface area contributed by atoms with E-state index < -0.39 is 0 Å². The number of rotatable bonds is 8. The number of unbranched alkanes of at least 4 members (excludes halogenated alkanes) is 4. The summed E-state index contributed by atoms with van der Waals surface area (Å²) in [6.07, 6.45) is 9.20. The van der Waals surface area contributed by atoms with Crippen LogP contribution in [0.1, 0.15) is 58.8 Å². The molecule has 1 heterocycles.